The van der Waals surface area contributed by atoms with Crippen LogP contribution in [0.4, 0.5) is 0 Å². The molecule has 3 fully saturated rings. The van der Waals surface area contributed by atoms with E-state index in [1.165, 1.54) is 71.5 Å². The second-order valence-corrected chi connectivity index (χ2v) is 6.93. The highest BCUT2D eigenvalue weighted by atomic mass is 35.5. The summed E-state index contributed by atoms with van der Waals surface area (Å²) in [6.07, 6.45) is 5.21. The minimum atomic E-state index is 0. The van der Waals surface area contributed by atoms with E-state index >= 15 is 0 Å². The molecular formula is C16H32ClN3O. The predicted molar refractivity (Wildman–Crippen MR) is 89.3 cm³/mol. The first-order valence-electron chi connectivity index (χ1n) is 8.56. The van der Waals surface area contributed by atoms with Crippen molar-refractivity contribution in [3.63, 3.8) is 0 Å². The van der Waals surface area contributed by atoms with Crippen molar-refractivity contribution in [2.24, 2.45) is 5.41 Å². The van der Waals surface area contributed by atoms with Crippen LogP contribution in [0.5, 0.6) is 0 Å². The summed E-state index contributed by atoms with van der Waals surface area (Å²) in [4.78, 5) is 5.45. The number of hydrogen-bond acceptors (Lipinski definition) is 4. The molecule has 0 aromatic rings. The molecule has 0 aromatic heterocycles. The molecule has 1 N–H and O–H groups in total. The van der Waals surface area contributed by atoms with E-state index in [4.69, 9.17) is 4.74 Å². The van der Waals surface area contributed by atoms with Gasteiger partial charge in [0, 0.05) is 58.5 Å². The van der Waals surface area contributed by atoms with E-state index in [0.29, 0.717) is 5.41 Å². The summed E-state index contributed by atoms with van der Waals surface area (Å²) in [5, 5.41) is 3.46. The summed E-state index contributed by atoms with van der Waals surface area (Å²) < 4.78 is 5.57. The lowest BCUT2D eigenvalue weighted by atomic mass is 9.77. The first-order chi connectivity index (χ1) is 9.81. The van der Waals surface area contributed by atoms with Gasteiger partial charge < -0.3 is 15.0 Å². The largest absolute Gasteiger partial charge is 0.381 e. The van der Waals surface area contributed by atoms with Crippen LogP contribution < -0.4 is 5.32 Å². The Bertz CT molecular complexity index is 304. The van der Waals surface area contributed by atoms with Crippen molar-refractivity contribution >= 4 is 12.4 Å². The van der Waals surface area contributed by atoms with E-state index in [-0.39, 0.29) is 12.4 Å². The van der Waals surface area contributed by atoms with Gasteiger partial charge in [0.05, 0.1) is 0 Å². The van der Waals surface area contributed by atoms with Crippen LogP contribution in [0.25, 0.3) is 0 Å². The third-order valence-corrected chi connectivity index (χ3v) is 5.78. The molecule has 0 aromatic carbocycles. The Morgan fingerprint density at radius 3 is 2.52 bits per heavy atom. The Hall–Kier alpha value is 0.130. The van der Waals surface area contributed by atoms with Crippen LogP contribution >= 0.6 is 12.4 Å². The lowest BCUT2D eigenvalue weighted by Gasteiger charge is -2.40. The highest BCUT2D eigenvalue weighted by Gasteiger charge is 2.36. The van der Waals surface area contributed by atoms with E-state index < -0.39 is 0 Å². The number of rotatable bonds is 4. The molecule has 3 rings (SSSR count). The molecule has 0 saturated carbocycles. The molecule has 3 saturated heterocycles. The van der Waals surface area contributed by atoms with E-state index in [0.717, 1.165) is 19.3 Å². The van der Waals surface area contributed by atoms with Crippen molar-refractivity contribution in [3.8, 4) is 0 Å². The minimum Gasteiger partial charge on any atom is -0.381 e. The van der Waals surface area contributed by atoms with E-state index in [1.807, 2.05) is 0 Å². The van der Waals surface area contributed by atoms with E-state index in [1.54, 1.807) is 0 Å². The van der Waals surface area contributed by atoms with Crippen LogP contribution in [0, 0.1) is 5.41 Å². The molecule has 1 atom stereocenters. The van der Waals surface area contributed by atoms with Gasteiger partial charge in [-0.25, -0.2) is 0 Å². The Labute approximate surface area is 136 Å². The Morgan fingerprint density at radius 2 is 1.86 bits per heavy atom. The van der Waals surface area contributed by atoms with Gasteiger partial charge in [0.1, 0.15) is 0 Å². The second kappa shape index (κ2) is 8.11. The average Bonchev–Trinajstić information content (AvgIpc) is 2.97. The molecule has 21 heavy (non-hydrogen) atoms. The summed E-state index contributed by atoms with van der Waals surface area (Å²) in [5.74, 6) is 0. The molecule has 124 valence electrons. The zero-order valence-corrected chi connectivity index (χ0v) is 14.3. The number of hydrogen-bond donors (Lipinski definition) is 1. The maximum atomic E-state index is 5.57. The SMILES string of the molecule is CCC1(CN2CCC(N3CCNCC3)C2)CCOCC1.Cl. The van der Waals surface area contributed by atoms with Crippen molar-refractivity contribution in [1.82, 2.24) is 15.1 Å². The normalized spacial score (nSPS) is 31.0. The molecule has 3 aliphatic heterocycles. The van der Waals surface area contributed by atoms with E-state index in [2.05, 4.69) is 22.0 Å². The van der Waals surface area contributed by atoms with Crippen LogP contribution in [-0.2, 0) is 4.74 Å². The third kappa shape index (κ3) is 4.32. The molecule has 0 bridgehead atoms. The molecule has 0 spiro atoms. The molecular weight excluding hydrogens is 286 g/mol. The molecule has 0 amide bonds. The van der Waals surface area contributed by atoms with Gasteiger partial charge >= 0.3 is 0 Å². The number of nitrogens with one attached hydrogen (secondary N) is 1. The lowest BCUT2D eigenvalue weighted by molar-refractivity contribution is -0.00452. The number of nitrogens with zero attached hydrogens (tertiary/aromatic N) is 2. The number of likely N-dealkylation sites (tertiary alicyclic amines) is 1. The van der Waals surface area contributed by atoms with Crippen LogP contribution in [-0.4, -0.2) is 74.9 Å². The van der Waals surface area contributed by atoms with Gasteiger partial charge in [0.15, 0.2) is 0 Å². The maximum absolute atomic E-state index is 5.57. The summed E-state index contributed by atoms with van der Waals surface area (Å²) in [7, 11) is 0. The smallest absolute Gasteiger partial charge is 0.0471 e. The quantitative estimate of drug-likeness (QED) is 0.852. The summed E-state index contributed by atoms with van der Waals surface area (Å²) in [6, 6.07) is 0.811. The molecule has 3 aliphatic rings. The van der Waals surface area contributed by atoms with Crippen molar-refractivity contribution < 1.29 is 4.74 Å². The molecule has 3 heterocycles. The highest BCUT2D eigenvalue weighted by Crippen LogP contribution is 2.36. The van der Waals surface area contributed by atoms with Crippen LogP contribution in [0.3, 0.4) is 0 Å². The van der Waals surface area contributed by atoms with Gasteiger partial charge in [0.25, 0.3) is 0 Å². The van der Waals surface area contributed by atoms with Crippen LogP contribution in [0.2, 0.25) is 0 Å². The van der Waals surface area contributed by atoms with Crippen LogP contribution in [0.1, 0.15) is 32.6 Å². The fourth-order valence-corrected chi connectivity index (χ4v) is 4.20. The summed E-state index contributed by atoms with van der Waals surface area (Å²) >= 11 is 0. The standard InChI is InChI=1S/C16H31N3O.ClH/c1-2-16(4-11-20-12-5-16)14-18-8-3-15(13-18)19-9-6-17-7-10-19;/h15,17H,2-14H2,1H3;1H. The Morgan fingerprint density at radius 1 is 1.14 bits per heavy atom. The van der Waals surface area contributed by atoms with Crippen molar-refractivity contribution in [1.29, 1.82) is 0 Å². The number of ether oxygens (including phenoxy) is 1. The maximum Gasteiger partial charge on any atom is 0.0471 e. The zero-order valence-electron chi connectivity index (χ0n) is 13.5. The molecule has 1 unspecified atom stereocenters. The topological polar surface area (TPSA) is 27.7 Å². The molecule has 5 heteroatoms. The van der Waals surface area contributed by atoms with Crippen molar-refractivity contribution in [3.05, 3.63) is 0 Å². The van der Waals surface area contributed by atoms with Gasteiger partial charge in [-0.15, -0.1) is 12.4 Å². The predicted octanol–water partition coefficient (Wildman–Crippen LogP) is 1.59. The fraction of sp³-hybridized carbons (Fsp3) is 1.00. The van der Waals surface area contributed by atoms with Gasteiger partial charge in [-0.1, -0.05) is 6.92 Å². The second-order valence-electron chi connectivity index (χ2n) is 6.93. The monoisotopic (exact) mass is 317 g/mol. The van der Waals surface area contributed by atoms with Gasteiger partial charge in [0.2, 0.25) is 0 Å². The number of piperazine rings is 1. The van der Waals surface area contributed by atoms with E-state index in [9.17, 15) is 0 Å². The summed E-state index contributed by atoms with van der Waals surface area (Å²) in [5.41, 5.74) is 0.538. The Balaban J connectivity index is 0.00000161. The Kier molecular flexibility index (Phi) is 6.76. The van der Waals surface area contributed by atoms with Crippen molar-refractivity contribution in [2.75, 3.05) is 59.0 Å². The third-order valence-electron chi connectivity index (χ3n) is 5.78. The highest BCUT2D eigenvalue weighted by molar-refractivity contribution is 5.85. The van der Waals surface area contributed by atoms with Crippen LogP contribution in [0.15, 0.2) is 0 Å². The van der Waals surface area contributed by atoms with Gasteiger partial charge in [-0.3, -0.25) is 4.90 Å². The van der Waals surface area contributed by atoms with Gasteiger partial charge in [-0.05, 0) is 37.6 Å². The molecule has 0 radical (unpaired) electrons. The minimum absolute atomic E-state index is 0. The molecule has 0 aliphatic carbocycles. The lowest BCUT2D eigenvalue weighted by Crippen LogP contribution is -2.49. The molecule has 4 nitrogen and oxygen atoms in total. The van der Waals surface area contributed by atoms with Gasteiger partial charge in [-0.2, -0.15) is 0 Å². The fourth-order valence-electron chi connectivity index (χ4n) is 4.20. The average molecular weight is 318 g/mol. The first kappa shape index (κ1) is 17.5. The zero-order chi connectivity index (χ0) is 13.8. The number of halogens is 1. The summed E-state index contributed by atoms with van der Waals surface area (Å²) in [6.45, 7) is 13.0. The first-order valence-corrected chi connectivity index (χ1v) is 8.56. The van der Waals surface area contributed by atoms with Crippen molar-refractivity contribution in [2.45, 2.75) is 38.6 Å².